The summed E-state index contributed by atoms with van der Waals surface area (Å²) < 4.78 is 10.3. The van der Waals surface area contributed by atoms with E-state index in [0.717, 1.165) is 30.3 Å². The largest absolute Gasteiger partial charge is 0.497 e. The van der Waals surface area contributed by atoms with Crippen molar-refractivity contribution in [2.75, 3.05) is 14.2 Å². The highest BCUT2D eigenvalue weighted by Gasteiger charge is 2.06. The molecule has 2 aromatic rings. The van der Waals surface area contributed by atoms with E-state index in [9.17, 15) is 0 Å². The van der Waals surface area contributed by atoms with Crippen molar-refractivity contribution in [3.63, 3.8) is 0 Å². The maximum atomic E-state index is 5.20. The van der Waals surface area contributed by atoms with Crippen LogP contribution in [0.25, 0.3) is 0 Å². The van der Waals surface area contributed by atoms with Crippen molar-refractivity contribution < 1.29 is 9.26 Å². The van der Waals surface area contributed by atoms with Gasteiger partial charge in [0.2, 0.25) is 0 Å². The topological polar surface area (TPSA) is 38.5 Å². The van der Waals surface area contributed by atoms with Crippen molar-refractivity contribution in [3.8, 4) is 5.75 Å². The zero-order chi connectivity index (χ0) is 13.0. The molecule has 4 heteroatoms. The quantitative estimate of drug-likeness (QED) is 0.813. The summed E-state index contributed by atoms with van der Waals surface area (Å²) in [6, 6.07) is 10.1. The third kappa shape index (κ3) is 3.34. The molecule has 0 radical (unpaired) electrons. The second kappa shape index (κ2) is 5.69. The van der Waals surface area contributed by atoms with Gasteiger partial charge < -0.3 is 9.26 Å². The van der Waals surface area contributed by atoms with Crippen molar-refractivity contribution in [1.29, 1.82) is 0 Å². The van der Waals surface area contributed by atoms with E-state index in [1.807, 2.05) is 25.1 Å². The molecule has 0 fully saturated rings. The van der Waals surface area contributed by atoms with E-state index in [1.165, 1.54) is 5.56 Å². The minimum Gasteiger partial charge on any atom is -0.497 e. The van der Waals surface area contributed by atoms with Gasteiger partial charge in [-0.05, 0) is 31.7 Å². The van der Waals surface area contributed by atoms with Crippen LogP contribution in [0.5, 0.6) is 5.75 Å². The van der Waals surface area contributed by atoms with Crippen LogP contribution in [0, 0.1) is 6.92 Å². The van der Waals surface area contributed by atoms with Gasteiger partial charge in [0.15, 0.2) is 5.76 Å². The molecule has 1 heterocycles. The Kier molecular flexibility index (Phi) is 3.99. The number of rotatable bonds is 5. The predicted molar refractivity (Wildman–Crippen MR) is 69.4 cm³/mol. The van der Waals surface area contributed by atoms with Gasteiger partial charge in [0.05, 0.1) is 19.3 Å². The van der Waals surface area contributed by atoms with Gasteiger partial charge in [0, 0.05) is 12.6 Å². The summed E-state index contributed by atoms with van der Waals surface area (Å²) in [5.41, 5.74) is 2.16. The molecule has 0 amide bonds. The Morgan fingerprint density at radius 1 is 1.22 bits per heavy atom. The van der Waals surface area contributed by atoms with E-state index in [4.69, 9.17) is 9.26 Å². The normalized spacial score (nSPS) is 10.9. The van der Waals surface area contributed by atoms with Crippen LogP contribution in [-0.4, -0.2) is 24.2 Å². The maximum Gasteiger partial charge on any atom is 0.150 e. The maximum absolute atomic E-state index is 5.20. The Labute approximate surface area is 107 Å². The molecule has 0 atom stereocenters. The van der Waals surface area contributed by atoms with Crippen LogP contribution in [0.15, 0.2) is 34.9 Å². The van der Waals surface area contributed by atoms with E-state index in [0.29, 0.717) is 0 Å². The lowest BCUT2D eigenvalue weighted by Gasteiger charge is -2.14. The fraction of sp³-hybridized carbons (Fsp3) is 0.357. The predicted octanol–water partition coefficient (Wildman–Crippen LogP) is 2.62. The lowest BCUT2D eigenvalue weighted by atomic mass is 10.2. The van der Waals surface area contributed by atoms with Crippen molar-refractivity contribution in [3.05, 3.63) is 47.3 Å². The Morgan fingerprint density at radius 2 is 1.94 bits per heavy atom. The first kappa shape index (κ1) is 12.6. The zero-order valence-corrected chi connectivity index (χ0v) is 11.0. The first-order chi connectivity index (χ1) is 8.67. The molecular weight excluding hydrogens is 228 g/mol. The lowest BCUT2D eigenvalue weighted by Crippen LogP contribution is -2.16. The first-order valence-electron chi connectivity index (χ1n) is 5.91. The number of aromatic nitrogens is 1. The summed E-state index contributed by atoms with van der Waals surface area (Å²) in [7, 11) is 3.73. The van der Waals surface area contributed by atoms with Crippen LogP contribution in [0.1, 0.15) is 17.0 Å². The van der Waals surface area contributed by atoms with Crippen LogP contribution in [0.4, 0.5) is 0 Å². The molecule has 0 saturated heterocycles. The van der Waals surface area contributed by atoms with Gasteiger partial charge in [-0.2, -0.15) is 0 Å². The Bertz CT molecular complexity index is 491. The molecular formula is C14H18N2O2. The fourth-order valence-corrected chi connectivity index (χ4v) is 1.86. The van der Waals surface area contributed by atoms with Gasteiger partial charge in [-0.25, -0.2) is 0 Å². The van der Waals surface area contributed by atoms with Gasteiger partial charge in [-0.15, -0.1) is 0 Å². The van der Waals surface area contributed by atoms with Crippen LogP contribution < -0.4 is 4.74 Å². The van der Waals surface area contributed by atoms with Crippen LogP contribution in [0.3, 0.4) is 0 Å². The molecule has 4 nitrogen and oxygen atoms in total. The van der Waals surface area contributed by atoms with Crippen molar-refractivity contribution in [1.82, 2.24) is 10.1 Å². The Morgan fingerprint density at radius 3 is 2.50 bits per heavy atom. The summed E-state index contributed by atoms with van der Waals surface area (Å²) in [5.74, 6) is 1.77. The number of ether oxygens (including phenoxy) is 1. The summed E-state index contributed by atoms with van der Waals surface area (Å²) >= 11 is 0. The van der Waals surface area contributed by atoms with E-state index in [2.05, 4.69) is 29.2 Å². The highest BCUT2D eigenvalue weighted by molar-refractivity contribution is 5.27. The fourth-order valence-electron chi connectivity index (χ4n) is 1.86. The van der Waals surface area contributed by atoms with E-state index < -0.39 is 0 Å². The third-order valence-corrected chi connectivity index (χ3v) is 2.71. The zero-order valence-electron chi connectivity index (χ0n) is 11.0. The second-order valence-corrected chi connectivity index (χ2v) is 4.45. The SMILES string of the molecule is COc1ccc(CN(C)Cc2cc(C)no2)cc1. The molecule has 0 aliphatic carbocycles. The minimum atomic E-state index is 0.757. The Hall–Kier alpha value is -1.81. The summed E-state index contributed by atoms with van der Waals surface area (Å²) in [5, 5.41) is 3.88. The minimum absolute atomic E-state index is 0.757. The molecule has 0 N–H and O–H groups in total. The summed E-state index contributed by atoms with van der Waals surface area (Å²) in [4.78, 5) is 2.18. The molecule has 0 bridgehead atoms. The average Bonchev–Trinajstić information content (AvgIpc) is 2.75. The van der Waals surface area contributed by atoms with Crippen molar-refractivity contribution >= 4 is 0 Å². The molecule has 2 rings (SSSR count). The number of hydrogen-bond donors (Lipinski definition) is 0. The number of hydrogen-bond acceptors (Lipinski definition) is 4. The smallest absolute Gasteiger partial charge is 0.150 e. The molecule has 96 valence electrons. The van der Waals surface area contributed by atoms with Gasteiger partial charge >= 0.3 is 0 Å². The molecule has 0 saturated carbocycles. The van der Waals surface area contributed by atoms with Crippen LogP contribution >= 0.6 is 0 Å². The second-order valence-electron chi connectivity index (χ2n) is 4.45. The van der Waals surface area contributed by atoms with Crippen molar-refractivity contribution in [2.45, 2.75) is 20.0 Å². The van der Waals surface area contributed by atoms with E-state index >= 15 is 0 Å². The first-order valence-corrected chi connectivity index (χ1v) is 5.91. The van der Waals surface area contributed by atoms with Crippen molar-refractivity contribution in [2.24, 2.45) is 0 Å². The van der Waals surface area contributed by atoms with E-state index in [-0.39, 0.29) is 0 Å². The highest BCUT2D eigenvalue weighted by Crippen LogP contribution is 2.14. The van der Waals surface area contributed by atoms with Gasteiger partial charge in [-0.1, -0.05) is 17.3 Å². The average molecular weight is 246 g/mol. The lowest BCUT2D eigenvalue weighted by molar-refractivity contribution is 0.266. The van der Waals surface area contributed by atoms with Gasteiger partial charge in [-0.3, -0.25) is 4.90 Å². The summed E-state index contributed by atoms with van der Waals surface area (Å²) in [6.07, 6.45) is 0. The number of nitrogens with zero attached hydrogens (tertiary/aromatic N) is 2. The van der Waals surface area contributed by atoms with Gasteiger partial charge in [0.1, 0.15) is 5.75 Å². The number of aryl methyl sites for hydroxylation is 1. The molecule has 1 aromatic heterocycles. The molecule has 0 unspecified atom stereocenters. The van der Waals surface area contributed by atoms with Crippen LogP contribution in [0.2, 0.25) is 0 Å². The Balaban J connectivity index is 1.91. The molecule has 18 heavy (non-hydrogen) atoms. The standard InChI is InChI=1S/C14H18N2O2/c1-11-8-14(18-15-11)10-16(2)9-12-4-6-13(17-3)7-5-12/h4-8H,9-10H2,1-3H3. The molecule has 0 aliphatic heterocycles. The van der Waals surface area contributed by atoms with Gasteiger partial charge in [0.25, 0.3) is 0 Å². The molecule has 1 aromatic carbocycles. The number of methoxy groups -OCH3 is 1. The summed E-state index contributed by atoms with van der Waals surface area (Å²) in [6.45, 7) is 3.55. The third-order valence-electron chi connectivity index (χ3n) is 2.71. The highest BCUT2D eigenvalue weighted by atomic mass is 16.5. The molecule has 0 aliphatic rings. The van der Waals surface area contributed by atoms with Crippen LogP contribution in [-0.2, 0) is 13.1 Å². The molecule has 0 spiro atoms. The monoisotopic (exact) mass is 246 g/mol. The van der Waals surface area contributed by atoms with E-state index in [1.54, 1.807) is 7.11 Å². The number of benzene rings is 1.